The molecule has 0 heterocycles. The van der Waals surface area contributed by atoms with Crippen molar-refractivity contribution in [3.8, 4) is 0 Å². The molecule has 1 unspecified atom stereocenters. The molecule has 0 aliphatic heterocycles. The molecule has 0 fully saturated rings. The highest BCUT2D eigenvalue weighted by Gasteiger charge is 2.16. The number of hydrogen-bond acceptors (Lipinski definition) is 3. The van der Waals surface area contributed by atoms with Gasteiger partial charge in [-0.05, 0) is 31.5 Å². The average Bonchev–Trinajstić information content (AvgIpc) is 2.40. The molecule has 20 heavy (non-hydrogen) atoms. The van der Waals surface area contributed by atoms with Crippen LogP contribution in [0.15, 0.2) is 24.3 Å². The predicted molar refractivity (Wildman–Crippen MR) is 77.1 cm³/mol. The SMILES string of the molecule is CNC(CCN(CCO)CC(F)F)c1ccccc1C. The molecule has 1 rings (SSSR count). The summed E-state index contributed by atoms with van der Waals surface area (Å²) in [4.78, 5) is 1.60. The largest absolute Gasteiger partial charge is 0.395 e. The lowest BCUT2D eigenvalue weighted by Gasteiger charge is -2.25. The molecule has 5 heteroatoms. The van der Waals surface area contributed by atoms with E-state index in [0.717, 1.165) is 6.42 Å². The first kappa shape index (κ1) is 17.0. The molecule has 1 aromatic rings. The zero-order valence-corrected chi connectivity index (χ0v) is 12.1. The molecule has 3 nitrogen and oxygen atoms in total. The highest BCUT2D eigenvalue weighted by atomic mass is 19.3. The number of benzene rings is 1. The lowest BCUT2D eigenvalue weighted by molar-refractivity contribution is 0.0763. The maximum absolute atomic E-state index is 12.5. The van der Waals surface area contributed by atoms with E-state index in [0.29, 0.717) is 6.54 Å². The van der Waals surface area contributed by atoms with Crippen molar-refractivity contribution < 1.29 is 13.9 Å². The van der Waals surface area contributed by atoms with Gasteiger partial charge < -0.3 is 10.4 Å². The van der Waals surface area contributed by atoms with Gasteiger partial charge >= 0.3 is 0 Å². The van der Waals surface area contributed by atoms with Gasteiger partial charge in [0.15, 0.2) is 0 Å². The molecule has 0 saturated heterocycles. The lowest BCUT2D eigenvalue weighted by atomic mass is 9.99. The minimum absolute atomic E-state index is 0.0959. The Morgan fingerprint density at radius 3 is 2.50 bits per heavy atom. The van der Waals surface area contributed by atoms with Crippen molar-refractivity contribution in [3.63, 3.8) is 0 Å². The summed E-state index contributed by atoms with van der Waals surface area (Å²) in [5, 5.41) is 12.2. The smallest absolute Gasteiger partial charge is 0.251 e. The summed E-state index contributed by atoms with van der Waals surface area (Å²) in [5.41, 5.74) is 2.38. The van der Waals surface area contributed by atoms with Gasteiger partial charge in [-0.1, -0.05) is 24.3 Å². The fraction of sp³-hybridized carbons (Fsp3) is 0.600. The number of hydrogen-bond donors (Lipinski definition) is 2. The van der Waals surface area contributed by atoms with Gasteiger partial charge in [-0.2, -0.15) is 0 Å². The first-order valence-corrected chi connectivity index (χ1v) is 6.92. The van der Waals surface area contributed by atoms with E-state index in [2.05, 4.69) is 11.4 Å². The van der Waals surface area contributed by atoms with Gasteiger partial charge in [0, 0.05) is 19.1 Å². The van der Waals surface area contributed by atoms with E-state index in [9.17, 15) is 8.78 Å². The van der Waals surface area contributed by atoms with Gasteiger partial charge in [0.1, 0.15) is 0 Å². The number of nitrogens with zero attached hydrogens (tertiary/aromatic N) is 1. The minimum Gasteiger partial charge on any atom is -0.395 e. The highest BCUT2D eigenvalue weighted by Crippen LogP contribution is 2.20. The summed E-state index contributed by atoms with van der Waals surface area (Å²) >= 11 is 0. The van der Waals surface area contributed by atoms with E-state index >= 15 is 0 Å². The summed E-state index contributed by atoms with van der Waals surface area (Å²) in [5.74, 6) is 0. The van der Waals surface area contributed by atoms with Crippen molar-refractivity contribution in [2.45, 2.75) is 25.8 Å². The molecule has 0 bridgehead atoms. The van der Waals surface area contributed by atoms with Crippen LogP contribution in [0, 0.1) is 6.92 Å². The second kappa shape index (κ2) is 9.00. The Balaban J connectivity index is 2.61. The Hall–Kier alpha value is -1.04. The molecular weight excluding hydrogens is 262 g/mol. The van der Waals surface area contributed by atoms with Crippen LogP contribution in [0.2, 0.25) is 0 Å². The number of rotatable bonds is 9. The maximum Gasteiger partial charge on any atom is 0.251 e. The summed E-state index contributed by atoms with van der Waals surface area (Å²) in [7, 11) is 1.88. The first-order valence-electron chi connectivity index (χ1n) is 6.92. The van der Waals surface area contributed by atoms with Crippen molar-refractivity contribution in [3.05, 3.63) is 35.4 Å². The Bertz CT molecular complexity index is 388. The van der Waals surface area contributed by atoms with Gasteiger partial charge in [0.25, 0.3) is 6.43 Å². The van der Waals surface area contributed by atoms with Gasteiger partial charge in [-0.3, -0.25) is 4.90 Å². The standard InChI is InChI=1S/C15H24F2N2O/c1-12-5-3-4-6-13(12)14(18-2)7-8-19(9-10-20)11-15(16)17/h3-6,14-15,18,20H,7-11H2,1-2H3. The molecular formula is C15H24F2N2O. The number of aliphatic hydroxyl groups excluding tert-OH is 1. The first-order chi connectivity index (χ1) is 9.58. The summed E-state index contributed by atoms with van der Waals surface area (Å²) in [6.45, 7) is 2.48. The summed E-state index contributed by atoms with van der Waals surface area (Å²) in [6.07, 6.45) is -1.64. The number of halogens is 2. The zero-order valence-electron chi connectivity index (χ0n) is 12.1. The number of aryl methyl sites for hydroxylation is 1. The van der Waals surface area contributed by atoms with Crippen molar-refractivity contribution in [1.82, 2.24) is 10.2 Å². The van der Waals surface area contributed by atoms with E-state index in [1.165, 1.54) is 11.1 Å². The third-order valence-corrected chi connectivity index (χ3v) is 3.46. The Morgan fingerprint density at radius 1 is 1.25 bits per heavy atom. The fourth-order valence-electron chi connectivity index (χ4n) is 2.38. The normalized spacial score (nSPS) is 13.2. The molecule has 1 aromatic carbocycles. The van der Waals surface area contributed by atoms with Crippen LogP contribution in [0.25, 0.3) is 0 Å². The second-order valence-corrected chi connectivity index (χ2v) is 4.90. The molecule has 0 radical (unpaired) electrons. The van der Waals surface area contributed by atoms with Crippen LogP contribution in [-0.4, -0.2) is 49.7 Å². The van der Waals surface area contributed by atoms with E-state index in [1.807, 2.05) is 32.2 Å². The average molecular weight is 286 g/mol. The van der Waals surface area contributed by atoms with Crippen LogP contribution in [-0.2, 0) is 0 Å². The topological polar surface area (TPSA) is 35.5 Å². The van der Waals surface area contributed by atoms with Gasteiger partial charge in [0.05, 0.1) is 13.2 Å². The van der Waals surface area contributed by atoms with Crippen molar-refractivity contribution >= 4 is 0 Å². The monoisotopic (exact) mass is 286 g/mol. The third-order valence-electron chi connectivity index (χ3n) is 3.46. The molecule has 0 spiro atoms. The second-order valence-electron chi connectivity index (χ2n) is 4.90. The number of nitrogens with one attached hydrogen (secondary N) is 1. The minimum atomic E-state index is -2.37. The molecule has 0 aliphatic rings. The molecule has 2 N–H and O–H groups in total. The van der Waals surface area contributed by atoms with Crippen LogP contribution in [0.5, 0.6) is 0 Å². The molecule has 0 saturated carbocycles. The quantitative estimate of drug-likeness (QED) is 0.730. The molecule has 0 aromatic heterocycles. The van der Waals surface area contributed by atoms with E-state index in [4.69, 9.17) is 5.11 Å². The maximum atomic E-state index is 12.5. The highest BCUT2D eigenvalue weighted by molar-refractivity contribution is 5.28. The zero-order chi connectivity index (χ0) is 15.0. The van der Waals surface area contributed by atoms with Crippen molar-refractivity contribution in [2.24, 2.45) is 0 Å². The Morgan fingerprint density at radius 2 is 1.95 bits per heavy atom. The summed E-state index contributed by atoms with van der Waals surface area (Å²) < 4.78 is 24.9. The lowest BCUT2D eigenvalue weighted by Crippen LogP contribution is -2.34. The van der Waals surface area contributed by atoms with Gasteiger partial charge in [0.2, 0.25) is 0 Å². The van der Waals surface area contributed by atoms with E-state index in [-0.39, 0.29) is 25.7 Å². The van der Waals surface area contributed by atoms with Crippen LogP contribution in [0.3, 0.4) is 0 Å². The van der Waals surface area contributed by atoms with Crippen LogP contribution >= 0.6 is 0 Å². The van der Waals surface area contributed by atoms with Crippen molar-refractivity contribution in [1.29, 1.82) is 0 Å². The fourth-order valence-corrected chi connectivity index (χ4v) is 2.38. The molecule has 0 aliphatic carbocycles. The van der Waals surface area contributed by atoms with E-state index < -0.39 is 6.43 Å². The van der Waals surface area contributed by atoms with Gasteiger partial charge in [-0.25, -0.2) is 8.78 Å². The predicted octanol–water partition coefficient (Wildman–Crippen LogP) is 2.21. The van der Waals surface area contributed by atoms with Crippen LogP contribution in [0.4, 0.5) is 8.78 Å². The van der Waals surface area contributed by atoms with Crippen LogP contribution in [0.1, 0.15) is 23.6 Å². The van der Waals surface area contributed by atoms with Crippen molar-refractivity contribution in [2.75, 3.05) is 33.3 Å². The van der Waals surface area contributed by atoms with E-state index in [1.54, 1.807) is 4.90 Å². The van der Waals surface area contributed by atoms with Gasteiger partial charge in [-0.15, -0.1) is 0 Å². The number of alkyl halides is 2. The Kier molecular flexibility index (Phi) is 7.65. The number of aliphatic hydroxyl groups is 1. The molecule has 1 atom stereocenters. The molecule has 0 amide bonds. The molecule has 114 valence electrons. The Labute approximate surface area is 119 Å². The van der Waals surface area contributed by atoms with Crippen LogP contribution < -0.4 is 5.32 Å². The third kappa shape index (κ3) is 5.53. The summed E-state index contributed by atoms with van der Waals surface area (Å²) in [6, 6.07) is 8.21.